The van der Waals surface area contributed by atoms with Crippen LogP contribution >= 0.6 is 12.4 Å². The largest absolute Gasteiger partial charge is 0.318 e. The molecule has 1 unspecified atom stereocenters. The zero-order chi connectivity index (χ0) is 13.1. The Morgan fingerprint density at radius 2 is 1.83 bits per heavy atom. The summed E-state index contributed by atoms with van der Waals surface area (Å²) >= 11 is 0. The second-order valence-corrected chi connectivity index (χ2v) is 8.71. The predicted molar refractivity (Wildman–Crippen MR) is 74.4 cm³/mol. The van der Waals surface area contributed by atoms with Crippen molar-refractivity contribution in [2.75, 3.05) is 37.9 Å². The van der Waals surface area contributed by atoms with Gasteiger partial charge in [0.1, 0.15) is 9.84 Å². The topological polar surface area (TPSA) is 83.6 Å². The van der Waals surface area contributed by atoms with E-state index in [1.165, 1.54) is 4.31 Å². The first-order chi connectivity index (χ1) is 7.76. The fourth-order valence-electron chi connectivity index (χ4n) is 1.99. The molecule has 0 aliphatic carbocycles. The van der Waals surface area contributed by atoms with Crippen molar-refractivity contribution in [3.05, 3.63) is 0 Å². The van der Waals surface area contributed by atoms with E-state index in [4.69, 9.17) is 0 Å². The summed E-state index contributed by atoms with van der Waals surface area (Å²) < 4.78 is 47.4. The molecule has 1 aliphatic rings. The SMILES string of the molecule is CNCC1CCCN1S(=O)(=O)CCS(C)(=O)=O.Cl. The highest BCUT2D eigenvalue weighted by atomic mass is 35.5. The maximum Gasteiger partial charge on any atom is 0.215 e. The first kappa shape index (κ1) is 18.1. The van der Waals surface area contributed by atoms with Crippen LogP contribution in [0.2, 0.25) is 0 Å². The molecule has 0 bridgehead atoms. The van der Waals surface area contributed by atoms with Crippen molar-refractivity contribution in [3.8, 4) is 0 Å². The van der Waals surface area contributed by atoms with Crippen molar-refractivity contribution in [2.45, 2.75) is 18.9 Å². The molecule has 1 rings (SSSR count). The molecule has 1 aliphatic heterocycles. The van der Waals surface area contributed by atoms with E-state index in [9.17, 15) is 16.8 Å². The summed E-state index contributed by atoms with van der Waals surface area (Å²) in [4.78, 5) is 0. The molecule has 0 spiro atoms. The van der Waals surface area contributed by atoms with Crippen LogP contribution in [0.3, 0.4) is 0 Å². The average molecular weight is 321 g/mol. The van der Waals surface area contributed by atoms with Gasteiger partial charge in [0.15, 0.2) is 0 Å². The van der Waals surface area contributed by atoms with Gasteiger partial charge in [0, 0.05) is 25.4 Å². The Morgan fingerprint density at radius 1 is 1.22 bits per heavy atom. The van der Waals surface area contributed by atoms with Gasteiger partial charge in [-0.05, 0) is 19.9 Å². The number of hydrogen-bond acceptors (Lipinski definition) is 5. The summed E-state index contributed by atoms with van der Waals surface area (Å²) in [5.74, 6) is -0.621. The predicted octanol–water partition coefficient (Wildman–Crippen LogP) is -0.534. The molecule has 110 valence electrons. The van der Waals surface area contributed by atoms with Gasteiger partial charge in [-0.2, -0.15) is 4.31 Å². The van der Waals surface area contributed by atoms with Gasteiger partial charge >= 0.3 is 0 Å². The third kappa shape index (κ3) is 5.40. The lowest BCUT2D eigenvalue weighted by Gasteiger charge is -2.23. The van der Waals surface area contributed by atoms with Crippen LogP contribution in [-0.4, -0.2) is 65.1 Å². The Kier molecular flexibility index (Phi) is 7.09. The van der Waals surface area contributed by atoms with Crippen LogP contribution in [0.25, 0.3) is 0 Å². The monoisotopic (exact) mass is 320 g/mol. The van der Waals surface area contributed by atoms with Crippen molar-refractivity contribution in [3.63, 3.8) is 0 Å². The molecule has 0 saturated carbocycles. The normalized spacial score (nSPS) is 21.8. The lowest BCUT2D eigenvalue weighted by atomic mass is 10.2. The molecular formula is C9H21ClN2O4S2. The van der Waals surface area contributed by atoms with E-state index in [1.54, 1.807) is 7.05 Å². The van der Waals surface area contributed by atoms with Crippen LogP contribution in [0, 0.1) is 0 Å². The Bertz CT molecular complexity index is 449. The number of halogens is 1. The number of sulfonamides is 1. The van der Waals surface area contributed by atoms with Crippen LogP contribution in [-0.2, 0) is 19.9 Å². The molecule has 0 amide bonds. The molecule has 1 fully saturated rings. The zero-order valence-electron chi connectivity index (χ0n) is 10.6. The third-order valence-electron chi connectivity index (χ3n) is 2.83. The van der Waals surface area contributed by atoms with E-state index in [0.717, 1.165) is 19.1 Å². The van der Waals surface area contributed by atoms with E-state index in [2.05, 4.69) is 5.32 Å². The van der Waals surface area contributed by atoms with Crippen LogP contribution in [0.1, 0.15) is 12.8 Å². The fraction of sp³-hybridized carbons (Fsp3) is 1.00. The maximum absolute atomic E-state index is 12.0. The summed E-state index contributed by atoms with van der Waals surface area (Å²) in [6, 6.07) is -0.0374. The number of nitrogens with zero attached hydrogens (tertiary/aromatic N) is 1. The minimum Gasteiger partial charge on any atom is -0.318 e. The summed E-state index contributed by atoms with van der Waals surface area (Å²) in [6.45, 7) is 1.11. The summed E-state index contributed by atoms with van der Waals surface area (Å²) in [6.07, 6.45) is 2.72. The van der Waals surface area contributed by atoms with E-state index in [0.29, 0.717) is 13.1 Å². The molecule has 9 heteroatoms. The standard InChI is InChI=1S/C9H20N2O4S2.ClH/c1-10-8-9-4-3-5-11(9)17(14,15)7-6-16(2,12)13;/h9-10H,3-8H2,1-2H3;1H. The lowest BCUT2D eigenvalue weighted by Crippen LogP contribution is -2.42. The number of rotatable bonds is 6. The molecule has 1 N–H and O–H groups in total. The molecule has 6 nitrogen and oxygen atoms in total. The summed E-state index contributed by atoms with van der Waals surface area (Å²) in [5.41, 5.74) is 0. The van der Waals surface area contributed by atoms with Crippen LogP contribution < -0.4 is 5.32 Å². The third-order valence-corrected chi connectivity index (χ3v) is 5.95. The van der Waals surface area contributed by atoms with Gasteiger partial charge in [0.25, 0.3) is 0 Å². The first-order valence-corrected chi connectivity index (χ1v) is 9.25. The Morgan fingerprint density at radius 3 is 2.33 bits per heavy atom. The quantitative estimate of drug-likeness (QED) is 0.711. The number of hydrogen-bond donors (Lipinski definition) is 1. The fourth-order valence-corrected chi connectivity index (χ4v) is 5.32. The van der Waals surface area contributed by atoms with Crippen molar-refractivity contribution >= 4 is 32.3 Å². The Labute approximate surface area is 116 Å². The molecular weight excluding hydrogens is 300 g/mol. The smallest absolute Gasteiger partial charge is 0.215 e. The van der Waals surface area contributed by atoms with Crippen LogP contribution in [0.4, 0.5) is 0 Å². The molecule has 0 aromatic carbocycles. The van der Waals surface area contributed by atoms with Gasteiger partial charge in [-0.3, -0.25) is 0 Å². The van der Waals surface area contributed by atoms with Crippen molar-refractivity contribution in [2.24, 2.45) is 0 Å². The maximum atomic E-state index is 12.0. The highest BCUT2D eigenvalue weighted by molar-refractivity contribution is 7.93. The van der Waals surface area contributed by atoms with E-state index < -0.39 is 19.9 Å². The van der Waals surface area contributed by atoms with Crippen LogP contribution in [0.15, 0.2) is 0 Å². The van der Waals surface area contributed by atoms with Gasteiger partial charge in [-0.1, -0.05) is 0 Å². The van der Waals surface area contributed by atoms with Crippen molar-refractivity contribution in [1.29, 1.82) is 0 Å². The Hall–Kier alpha value is 0.110. The molecule has 0 aromatic rings. The highest BCUT2D eigenvalue weighted by Gasteiger charge is 2.33. The van der Waals surface area contributed by atoms with Gasteiger partial charge in [0.2, 0.25) is 10.0 Å². The molecule has 0 aromatic heterocycles. The van der Waals surface area contributed by atoms with Gasteiger partial charge in [-0.25, -0.2) is 16.8 Å². The second kappa shape index (κ2) is 7.04. The lowest BCUT2D eigenvalue weighted by molar-refractivity contribution is 0.380. The van der Waals surface area contributed by atoms with Gasteiger partial charge in [-0.15, -0.1) is 12.4 Å². The Balaban J connectivity index is 0.00000289. The molecule has 0 radical (unpaired) electrons. The highest BCUT2D eigenvalue weighted by Crippen LogP contribution is 2.20. The number of sulfone groups is 1. The van der Waals surface area contributed by atoms with E-state index in [1.807, 2.05) is 0 Å². The van der Waals surface area contributed by atoms with Crippen molar-refractivity contribution < 1.29 is 16.8 Å². The van der Waals surface area contributed by atoms with Gasteiger partial charge < -0.3 is 5.32 Å². The second-order valence-electron chi connectivity index (χ2n) is 4.41. The summed E-state index contributed by atoms with van der Waals surface area (Å²) in [5, 5.41) is 2.96. The first-order valence-electron chi connectivity index (χ1n) is 5.58. The molecule has 1 saturated heterocycles. The van der Waals surface area contributed by atoms with Crippen LogP contribution in [0.5, 0.6) is 0 Å². The minimum absolute atomic E-state index is 0. The zero-order valence-corrected chi connectivity index (χ0v) is 13.1. The molecule has 1 atom stereocenters. The van der Waals surface area contributed by atoms with E-state index >= 15 is 0 Å². The number of likely N-dealkylation sites (N-methyl/N-ethyl adjacent to an activating group) is 1. The molecule has 18 heavy (non-hydrogen) atoms. The van der Waals surface area contributed by atoms with Gasteiger partial charge in [0.05, 0.1) is 11.5 Å². The molecule has 1 heterocycles. The summed E-state index contributed by atoms with van der Waals surface area (Å²) in [7, 11) is -4.91. The average Bonchev–Trinajstić information content (AvgIpc) is 2.63. The van der Waals surface area contributed by atoms with E-state index in [-0.39, 0.29) is 30.0 Å². The van der Waals surface area contributed by atoms with Crippen molar-refractivity contribution in [1.82, 2.24) is 9.62 Å². The minimum atomic E-state index is -3.45. The number of nitrogens with one attached hydrogen (secondary N) is 1.